The van der Waals surface area contributed by atoms with E-state index in [0.717, 1.165) is 30.6 Å². The van der Waals surface area contributed by atoms with Crippen molar-refractivity contribution in [3.05, 3.63) is 17.0 Å². The van der Waals surface area contributed by atoms with Gasteiger partial charge in [0.1, 0.15) is 4.21 Å². The zero-order valence-corrected chi connectivity index (χ0v) is 12.2. The summed E-state index contributed by atoms with van der Waals surface area (Å²) in [5.74, 6) is 0.273. The van der Waals surface area contributed by atoms with Crippen LogP contribution in [0.15, 0.2) is 16.3 Å². The van der Waals surface area contributed by atoms with Crippen LogP contribution < -0.4 is 10.5 Å². The van der Waals surface area contributed by atoms with Gasteiger partial charge in [0.05, 0.1) is 0 Å². The third-order valence-electron chi connectivity index (χ3n) is 3.50. The lowest BCUT2D eigenvalue weighted by Gasteiger charge is -2.30. The van der Waals surface area contributed by atoms with Gasteiger partial charge in [-0.1, -0.05) is 12.8 Å². The molecule has 0 aromatic carbocycles. The zero-order chi connectivity index (χ0) is 13.2. The van der Waals surface area contributed by atoms with Crippen LogP contribution in [-0.2, 0) is 10.0 Å². The van der Waals surface area contributed by atoms with Gasteiger partial charge in [-0.3, -0.25) is 0 Å². The molecule has 1 fully saturated rings. The summed E-state index contributed by atoms with van der Waals surface area (Å²) >= 11 is 1.31. The summed E-state index contributed by atoms with van der Waals surface area (Å²) in [6, 6.07) is 3.50. The van der Waals surface area contributed by atoms with Gasteiger partial charge in [0.2, 0.25) is 10.0 Å². The Morgan fingerprint density at radius 1 is 1.39 bits per heavy atom. The van der Waals surface area contributed by atoms with Gasteiger partial charge in [0.25, 0.3) is 0 Å². The van der Waals surface area contributed by atoms with Crippen molar-refractivity contribution in [3.8, 4) is 0 Å². The molecular formula is C12H20N2O2S2. The SMILES string of the molecule is Cc1ccc(S(=O)(=O)N[C@H]2CCCC[C@@H]2CN)s1. The molecule has 4 nitrogen and oxygen atoms in total. The largest absolute Gasteiger partial charge is 0.330 e. The van der Waals surface area contributed by atoms with Crippen LogP contribution in [-0.4, -0.2) is 21.0 Å². The quantitative estimate of drug-likeness (QED) is 0.888. The minimum Gasteiger partial charge on any atom is -0.330 e. The molecule has 1 heterocycles. The topological polar surface area (TPSA) is 72.2 Å². The monoisotopic (exact) mass is 288 g/mol. The van der Waals surface area contributed by atoms with E-state index in [2.05, 4.69) is 4.72 Å². The molecular weight excluding hydrogens is 268 g/mol. The Hall–Kier alpha value is -0.430. The molecule has 0 aliphatic heterocycles. The van der Waals surface area contributed by atoms with Gasteiger partial charge in [0, 0.05) is 10.9 Å². The summed E-state index contributed by atoms with van der Waals surface area (Å²) in [6.45, 7) is 2.46. The smallest absolute Gasteiger partial charge is 0.250 e. The Morgan fingerprint density at radius 2 is 2.11 bits per heavy atom. The van der Waals surface area contributed by atoms with Gasteiger partial charge in [-0.25, -0.2) is 13.1 Å². The molecule has 6 heteroatoms. The summed E-state index contributed by atoms with van der Waals surface area (Å²) in [5, 5.41) is 0. The molecule has 0 spiro atoms. The van der Waals surface area contributed by atoms with E-state index in [9.17, 15) is 8.42 Å². The minimum absolute atomic E-state index is 0.00356. The molecule has 0 radical (unpaired) electrons. The van der Waals surface area contributed by atoms with E-state index >= 15 is 0 Å². The molecule has 1 saturated carbocycles. The van der Waals surface area contributed by atoms with Crippen molar-refractivity contribution in [2.45, 2.75) is 42.9 Å². The molecule has 1 aromatic heterocycles. The number of hydrogen-bond donors (Lipinski definition) is 2. The molecule has 0 unspecified atom stereocenters. The molecule has 102 valence electrons. The first kappa shape index (κ1) is 14.0. The maximum Gasteiger partial charge on any atom is 0.250 e. The van der Waals surface area contributed by atoms with Crippen LogP contribution in [0.4, 0.5) is 0 Å². The Labute approximate surface area is 113 Å². The lowest BCUT2D eigenvalue weighted by Crippen LogP contribution is -2.44. The van der Waals surface area contributed by atoms with Crippen LogP contribution in [0.2, 0.25) is 0 Å². The van der Waals surface area contributed by atoms with Crippen LogP contribution in [0.5, 0.6) is 0 Å². The summed E-state index contributed by atoms with van der Waals surface area (Å²) in [4.78, 5) is 1.01. The van der Waals surface area contributed by atoms with Gasteiger partial charge in [-0.15, -0.1) is 11.3 Å². The first-order valence-corrected chi connectivity index (χ1v) is 8.62. The van der Waals surface area contributed by atoms with E-state index in [1.54, 1.807) is 6.07 Å². The van der Waals surface area contributed by atoms with E-state index in [0.29, 0.717) is 10.8 Å². The maximum absolute atomic E-state index is 12.2. The zero-order valence-electron chi connectivity index (χ0n) is 10.6. The highest BCUT2D eigenvalue weighted by atomic mass is 32.2. The molecule has 0 amide bonds. The predicted molar refractivity (Wildman–Crippen MR) is 74.2 cm³/mol. The highest BCUT2D eigenvalue weighted by molar-refractivity contribution is 7.91. The lowest BCUT2D eigenvalue weighted by atomic mass is 9.85. The number of thiophene rings is 1. The van der Waals surface area contributed by atoms with Crippen molar-refractivity contribution in [3.63, 3.8) is 0 Å². The van der Waals surface area contributed by atoms with Crippen molar-refractivity contribution < 1.29 is 8.42 Å². The predicted octanol–water partition coefficient (Wildman–Crippen LogP) is 1.85. The molecule has 1 aliphatic rings. The molecule has 18 heavy (non-hydrogen) atoms. The van der Waals surface area contributed by atoms with Gasteiger partial charge < -0.3 is 5.73 Å². The van der Waals surface area contributed by atoms with Gasteiger partial charge in [0.15, 0.2) is 0 Å². The third-order valence-corrected chi connectivity index (χ3v) is 6.48. The fourth-order valence-electron chi connectivity index (χ4n) is 2.46. The average Bonchev–Trinajstić information content (AvgIpc) is 2.77. The second-order valence-electron chi connectivity index (χ2n) is 4.87. The summed E-state index contributed by atoms with van der Waals surface area (Å²) < 4.78 is 27.7. The third kappa shape index (κ3) is 3.12. The van der Waals surface area contributed by atoms with Crippen LogP contribution in [0, 0.1) is 12.8 Å². The van der Waals surface area contributed by atoms with Gasteiger partial charge >= 0.3 is 0 Å². The van der Waals surface area contributed by atoms with Crippen molar-refractivity contribution in [1.29, 1.82) is 0 Å². The molecule has 2 atom stereocenters. The first-order valence-electron chi connectivity index (χ1n) is 6.32. The molecule has 3 N–H and O–H groups in total. The number of rotatable bonds is 4. The van der Waals surface area contributed by atoms with E-state index in [1.165, 1.54) is 11.3 Å². The Bertz CT molecular complexity index is 496. The molecule has 2 rings (SSSR count). The first-order chi connectivity index (χ1) is 8.53. The maximum atomic E-state index is 12.2. The van der Waals surface area contributed by atoms with Gasteiger partial charge in [-0.2, -0.15) is 0 Å². The van der Waals surface area contributed by atoms with Crippen LogP contribution >= 0.6 is 11.3 Å². The van der Waals surface area contributed by atoms with Crippen molar-refractivity contribution in [2.75, 3.05) is 6.54 Å². The number of nitrogens with two attached hydrogens (primary N) is 1. The Kier molecular flexibility index (Phi) is 4.42. The Balaban J connectivity index is 2.12. The lowest BCUT2D eigenvalue weighted by molar-refractivity contribution is 0.296. The van der Waals surface area contributed by atoms with Crippen LogP contribution in [0.25, 0.3) is 0 Å². The average molecular weight is 288 g/mol. The van der Waals surface area contributed by atoms with E-state index < -0.39 is 10.0 Å². The highest BCUT2D eigenvalue weighted by Crippen LogP contribution is 2.26. The van der Waals surface area contributed by atoms with E-state index in [4.69, 9.17) is 5.73 Å². The summed E-state index contributed by atoms with van der Waals surface area (Å²) in [7, 11) is -3.37. The fraction of sp³-hybridized carbons (Fsp3) is 0.667. The normalized spacial score (nSPS) is 25.2. The van der Waals surface area contributed by atoms with E-state index in [1.807, 2.05) is 13.0 Å². The molecule has 1 aliphatic carbocycles. The molecule has 0 saturated heterocycles. The Morgan fingerprint density at radius 3 is 2.72 bits per heavy atom. The fourth-order valence-corrected chi connectivity index (χ4v) is 5.10. The standard InChI is InChI=1S/C12H20N2O2S2/c1-9-6-7-12(17-9)18(15,16)14-11-5-3-2-4-10(11)8-13/h6-7,10-11,14H,2-5,8,13H2,1H3/t10-,11+/m1/s1. The molecule has 1 aromatic rings. The van der Waals surface area contributed by atoms with Crippen LogP contribution in [0.1, 0.15) is 30.6 Å². The van der Waals surface area contributed by atoms with Crippen molar-refractivity contribution in [2.24, 2.45) is 11.7 Å². The summed E-state index contributed by atoms with van der Waals surface area (Å²) in [5.41, 5.74) is 5.72. The minimum atomic E-state index is -3.37. The number of sulfonamides is 1. The van der Waals surface area contributed by atoms with Crippen molar-refractivity contribution in [1.82, 2.24) is 4.72 Å². The van der Waals surface area contributed by atoms with E-state index in [-0.39, 0.29) is 12.0 Å². The van der Waals surface area contributed by atoms with Crippen molar-refractivity contribution >= 4 is 21.4 Å². The van der Waals surface area contributed by atoms with Crippen LogP contribution in [0.3, 0.4) is 0 Å². The highest BCUT2D eigenvalue weighted by Gasteiger charge is 2.29. The summed E-state index contributed by atoms with van der Waals surface area (Å²) in [6.07, 6.45) is 4.14. The molecule has 0 bridgehead atoms. The number of aryl methyl sites for hydroxylation is 1. The second-order valence-corrected chi connectivity index (χ2v) is 8.10. The number of hydrogen-bond acceptors (Lipinski definition) is 4. The number of nitrogens with one attached hydrogen (secondary N) is 1. The second kappa shape index (κ2) is 5.69. The van der Waals surface area contributed by atoms with Gasteiger partial charge in [-0.05, 0) is 44.4 Å².